The number of nitrogens with zero attached hydrogens (tertiary/aromatic N) is 1. The highest BCUT2D eigenvalue weighted by Gasteiger charge is 1.93. The van der Waals surface area contributed by atoms with E-state index >= 15 is 0 Å². The van der Waals surface area contributed by atoms with E-state index in [0.717, 1.165) is 0 Å². The first-order valence-corrected chi connectivity index (χ1v) is 2.82. The Hall–Kier alpha value is -0.600. The molecular formula is C6H9ClN2. The number of aliphatic imine (C=N–C) groups is 1. The molecule has 0 rings (SSSR count). The van der Waals surface area contributed by atoms with Gasteiger partial charge in [0.05, 0.1) is 10.7 Å². The Labute approximate surface area is 59.7 Å². The summed E-state index contributed by atoms with van der Waals surface area (Å²) in [5.74, 6) is 0. The standard InChI is InChI=1S/C6H9ClN2/c1-3-5(7)6(4-8)9-2/h3H,1-2,4,8H2/b6-5+. The van der Waals surface area contributed by atoms with Gasteiger partial charge < -0.3 is 5.73 Å². The van der Waals surface area contributed by atoms with Crippen LogP contribution in [-0.2, 0) is 0 Å². The van der Waals surface area contributed by atoms with Crippen LogP contribution in [0.1, 0.15) is 0 Å². The van der Waals surface area contributed by atoms with Gasteiger partial charge in [0.2, 0.25) is 0 Å². The highest BCUT2D eigenvalue weighted by atomic mass is 35.5. The lowest BCUT2D eigenvalue weighted by Crippen LogP contribution is -2.01. The normalized spacial score (nSPS) is 12.2. The Morgan fingerprint density at radius 1 is 1.78 bits per heavy atom. The fraction of sp³-hybridized carbons (Fsp3) is 0.167. The number of nitrogens with two attached hydrogens (primary N) is 1. The molecule has 2 nitrogen and oxygen atoms in total. The summed E-state index contributed by atoms with van der Waals surface area (Å²) in [5.41, 5.74) is 5.81. The SMILES string of the molecule is C=C/C(Cl)=C(/CN)N=C. The number of allylic oxidation sites excluding steroid dienone is 2. The summed E-state index contributed by atoms with van der Waals surface area (Å²) in [6, 6.07) is 0. The van der Waals surface area contributed by atoms with Crippen molar-refractivity contribution in [3.63, 3.8) is 0 Å². The van der Waals surface area contributed by atoms with Gasteiger partial charge in [0.1, 0.15) is 0 Å². The molecule has 0 aromatic carbocycles. The van der Waals surface area contributed by atoms with Gasteiger partial charge in [0.25, 0.3) is 0 Å². The molecule has 0 bridgehead atoms. The van der Waals surface area contributed by atoms with Crippen molar-refractivity contribution in [2.75, 3.05) is 6.54 Å². The van der Waals surface area contributed by atoms with Gasteiger partial charge in [-0.3, -0.25) is 4.99 Å². The molecule has 50 valence electrons. The van der Waals surface area contributed by atoms with Gasteiger partial charge in [-0.1, -0.05) is 18.2 Å². The second-order valence-electron chi connectivity index (χ2n) is 1.36. The van der Waals surface area contributed by atoms with Crippen LogP contribution in [0.15, 0.2) is 28.4 Å². The quantitative estimate of drug-likeness (QED) is 0.471. The Bertz CT molecular complexity index is 149. The third kappa shape index (κ3) is 2.44. The van der Waals surface area contributed by atoms with Crippen molar-refractivity contribution in [2.24, 2.45) is 10.7 Å². The summed E-state index contributed by atoms with van der Waals surface area (Å²) in [6.07, 6.45) is 1.48. The summed E-state index contributed by atoms with van der Waals surface area (Å²) in [5, 5.41) is 0.465. The smallest absolute Gasteiger partial charge is 0.0717 e. The second-order valence-corrected chi connectivity index (χ2v) is 1.77. The zero-order valence-electron chi connectivity index (χ0n) is 5.10. The molecule has 0 spiro atoms. The number of hydrogen-bond donors (Lipinski definition) is 1. The third-order valence-electron chi connectivity index (χ3n) is 0.839. The first-order chi connectivity index (χ1) is 4.26. The van der Waals surface area contributed by atoms with Crippen molar-refractivity contribution >= 4 is 18.3 Å². The van der Waals surface area contributed by atoms with Gasteiger partial charge in [-0.05, 0) is 12.8 Å². The molecule has 0 saturated heterocycles. The minimum Gasteiger partial charge on any atom is -0.325 e. The molecule has 0 unspecified atom stereocenters. The molecule has 9 heavy (non-hydrogen) atoms. The Balaban J connectivity index is 4.36. The average Bonchev–Trinajstić information content (AvgIpc) is 1.90. The van der Waals surface area contributed by atoms with E-state index in [1.165, 1.54) is 6.08 Å². The largest absolute Gasteiger partial charge is 0.325 e. The van der Waals surface area contributed by atoms with Gasteiger partial charge in [0, 0.05) is 6.54 Å². The maximum atomic E-state index is 5.58. The molecule has 0 radical (unpaired) electrons. The molecule has 0 aliphatic heterocycles. The summed E-state index contributed by atoms with van der Waals surface area (Å²) in [4.78, 5) is 3.58. The van der Waals surface area contributed by atoms with Gasteiger partial charge in [-0.2, -0.15) is 0 Å². The molecule has 3 heteroatoms. The molecular weight excluding hydrogens is 136 g/mol. The summed E-state index contributed by atoms with van der Waals surface area (Å²) >= 11 is 5.58. The Kier molecular flexibility index (Phi) is 4.01. The van der Waals surface area contributed by atoms with Crippen molar-refractivity contribution in [3.8, 4) is 0 Å². The lowest BCUT2D eigenvalue weighted by Gasteiger charge is -1.95. The van der Waals surface area contributed by atoms with Crippen molar-refractivity contribution in [3.05, 3.63) is 23.4 Å². The maximum Gasteiger partial charge on any atom is 0.0717 e. The topological polar surface area (TPSA) is 38.4 Å². The number of rotatable bonds is 3. The molecule has 0 saturated carbocycles. The lowest BCUT2D eigenvalue weighted by atomic mass is 10.4. The molecule has 0 aliphatic carbocycles. The zero-order chi connectivity index (χ0) is 7.28. The van der Waals surface area contributed by atoms with Crippen molar-refractivity contribution in [2.45, 2.75) is 0 Å². The average molecular weight is 145 g/mol. The van der Waals surface area contributed by atoms with Crippen LogP contribution in [0, 0.1) is 0 Å². The van der Waals surface area contributed by atoms with Crippen LogP contribution in [0.25, 0.3) is 0 Å². The fourth-order valence-electron chi connectivity index (χ4n) is 0.355. The van der Waals surface area contributed by atoms with E-state index in [2.05, 4.69) is 18.3 Å². The maximum absolute atomic E-state index is 5.58. The third-order valence-corrected chi connectivity index (χ3v) is 1.21. The van der Waals surface area contributed by atoms with E-state index in [1.54, 1.807) is 0 Å². The molecule has 0 atom stereocenters. The van der Waals surface area contributed by atoms with Crippen LogP contribution in [-0.4, -0.2) is 13.3 Å². The molecule has 0 aromatic rings. The zero-order valence-corrected chi connectivity index (χ0v) is 5.86. The van der Waals surface area contributed by atoms with Gasteiger partial charge >= 0.3 is 0 Å². The van der Waals surface area contributed by atoms with Crippen LogP contribution in [0.3, 0.4) is 0 Å². The van der Waals surface area contributed by atoms with Gasteiger partial charge in [0.15, 0.2) is 0 Å². The van der Waals surface area contributed by atoms with E-state index < -0.39 is 0 Å². The minimum atomic E-state index is 0.300. The van der Waals surface area contributed by atoms with Crippen LogP contribution in [0.2, 0.25) is 0 Å². The minimum absolute atomic E-state index is 0.300. The molecule has 0 heterocycles. The van der Waals surface area contributed by atoms with Gasteiger partial charge in [-0.25, -0.2) is 0 Å². The lowest BCUT2D eigenvalue weighted by molar-refractivity contribution is 1.11. The second kappa shape index (κ2) is 4.30. The van der Waals surface area contributed by atoms with E-state index in [-0.39, 0.29) is 0 Å². The van der Waals surface area contributed by atoms with Crippen LogP contribution in [0.5, 0.6) is 0 Å². The van der Waals surface area contributed by atoms with E-state index in [9.17, 15) is 0 Å². The van der Waals surface area contributed by atoms with E-state index in [1.807, 2.05) is 0 Å². The molecule has 2 N–H and O–H groups in total. The van der Waals surface area contributed by atoms with Crippen LogP contribution >= 0.6 is 11.6 Å². The van der Waals surface area contributed by atoms with Crippen LogP contribution < -0.4 is 5.73 Å². The van der Waals surface area contributed by atoms with Crippen molar-refractivity contribution in [1.82, 2.24) is 0 Å². The van der Waals surface area contributed by atoms with Crippen molar-refractivity contribution < 1.29 is 0 Å². The highest BCUT2D eigenvalue weighted by Crippen LogP contribution is 2.08. The van der Waals surface area contributed by atoms with E-state index in [0.29, 0.717) is 17.3 Å². The number of halogens is 1. The van der Waals surface area contributed by atoms with E-state index in [4.69, 9.17) is 17.3 Å². The fourth-order valence-corrected chi connectivity index (χ4v) is 0.492. The Morgan fingerprint density at radius 3 is 2.44 bits per heavy atom. The van der Waals surface area contributed by atoms with Crippen LogP contribution in [0.4, 0.5) is 0 Å². The first-order valence-electron chi connectivity index (χ1n) is 2.44. The summed E-state index contributed by atoms with van der Waals surface area (Å²) < 4.78 is 0. The predicted molar refractivity (Wildman–Crippen MR) is 41.7 cm³/mol. The van der Waals surface area contributed by atoms with Gasteiger partial charge in [-0.15, -0.1) is 0 Å². The monoisotopic (exact) mass is 144 g/mol. The highest BCUT2D eigenvalue weighted by molar-refractivity contribution is 6.31. The molecule has 0 aliphatic rings. The first kappa shape index (κ1) is 8.40. The number of hydrogen-bond acceptors (Lipinski definition) is 2. The van der Waals surface area contributed by atoms with Crippen molar-refractivity contribution in [1.29, 1.82) is 0 Å². The molecule has 0 fully saturated rings. The molecule has 0 aromatic heterocycles. The summed E-state index contributed by atoms with van der Waals surface area (Å²) in [7, 11) is 0. The molecule has 0 amide bonds. The Morgan fingerprint density at radius 2 is 2.33 bits per heavy atom. The predicted octanol–water partition coefficient (Wildman–Crippen LogP) is 1.28. The summed E-state index contributed by atoms with van der Waals surface area (Å²) in [6.45, 7) is 7.02.